The van der Waals surface area contributed by atoms with E-state index in [4.69, 9.17) is 4.74 Å². The van der Waals surface area contributed by atoms with Crippen LogP contribution in [0.5, 0.6) is 0 Å². The zero-order valence-electron chi connectivity index (χ0n) is 10.2. The highest BCUT2D eigenvalue weighted by Crippen LogP contribution is 2.27. The summed E-state index contributed by atoms with van der Waals surface area (Å²) >= 11 is 0. The molecule has 1 fully saturated rings. The molecule has 3 nitrogen and oxygen atoms in total. The fourth-order valence-corrected chi connectivity index (χ4v) is 2.37. The number of hydrogen-bond donors (Lipinski definition) is 1. The Bertz CT molecular complexity index is 364. The summed E-state index contributed by atoms with van der Waals surface area (Å²) in [7, 11) is 0. The number of nitrogens with one attached hydrogen (secondary N) is 1. The number of benzene rings is 1. The van der Waals surface area contributed by atoms with E-state index in [9.17, 15) is 4.79 Å². The summed E-state index contributed by atoms with van der Waals surface area (Å²) in [5.41, 5.74) is 1.32. The molecule has 0 spiro atoms. The van der Waals surface area contributed by atoms with E-state index >= 15 is 0 Å². The van der Waals surface area contributed by atoms with Crippen molar-refractivity contribution in [3.8, 4) is 0 Å². The third-order valence-corrected chi connectivity index (χ3v) is 3.25. The molecule has 17 heavy (non-hydrogen) atoms. The molecule has 1 N–H and O–H groups in total. The van der Waals surface area contributed by atoms with Gasteiger partial charge in [0.1, 0.15) is 6.04 Å². The number of hydrogen-bond acceptors (Lipinski definition) is 3. The summed E-state index contributed by atoms with van der Waals surface area (Å²) < 4.78 is 5.06. The van der Waals surface area contributed by atoms with E-state index in [1.54, 1.807) is 0 Å². The van der Waals surface area contributed by atoms with Gasteiger partial charge in [-0.3, -0.25) is 4.79 Å². The molecule has 0 bridgehead atoms. The number of piperidine rings is 1. The van der Waals surface area contributed by atoms with E-state index in [2.05, 4.69) is 29.6 Å². The Morgan fingerprint density at radius 2 is 2.18 bits per heavy atom. The third kappa shape index (κ3) is 3.07. The molecule has 3 heteroatoms. The lowest BCUT2D eigenvalue weighted by atomic mass is 9.86. The second-order valence-electron chi connectivity index (χ2n) is 4.39. The van der Waals surface area contributed by atoms with E-state index < -0.39 is 0 Å². The fraction of sp³-hybridized carbons (Fsp3) is 0.500. The topological polar surface area (TPSA) is 38.3 Å². The molecule has 1 aliphatic rings. The van der Waals surface area contributed by atoms with Crippen LogP contribution in [-0.4, -0.2) is 25.2 Å². The maximum atomic E-state index is 11.7. The Morgan fingerprint density at radius 1 is 1.41 bits per heavy atom. The summed E-state index contributed by atoms with van der Waals surface area (Å²) in [6.45, 7) is 3.17. The predicted octanol–water partition coefficient (Wildman–Crippen LogP) is 2.09. The average Bonchev–Trinajstić information content (AvgIpc) is 2.40. The Morgan fingerprint density at radius 3 is 2.88 bits per heavy atom. The molecule has 0 radical (unpaired) electrons. The van der Waals surface area contributed by atoms with Gasteiger partial charge in [0.2, 0.25) is 0 Å². The maximum absolute atomic E-state index is 11.7. The fourth-order valence-electron chi connectivity index (χ4n) is 2.37. The van der Waals surface area contributed by atoms with Crippen molar-refractivity contribution in [1.82, 2.24) is 5.32 Å². The van der Waals surface area contributed by atoms with Crippen molar-refractivity contribution >= 4 is 5.97 Å². The number of ether oxygens (including phenoxy) is 1. The number of esters is 1. The van der Waals surface area contributed by atoms with Crippen molar-refractivity contribution < 1.29 is 9.53 Å². The smallest absolute Gasteiger partial charge is 0.323 e. The summed E-state index contributed by atoms with van der Waals surface area (Å²) in [6.07, 6.45) is 1.92. The molecule has 1 aromatic carbocycles. The third-order valence-electron chi connectivity index (χ3n) is 3.25. The zero-order chi connectivity index (χ0) is 12.1. The molecule has 1 aliphatic heterocycles. The van der Waals surface area contributed by atoms with E-state index in [1.807, 2.05) is 13.0 Å². The lowest BCUT2D eigenvalue weighted by Crippen LogP contribution is -2.43. The average molecular weight is 233 g/mol. The molecule has 0 amide bonds. The predicted molar refractivity (Wildman–Crippen MR) is 66.8 cm³/mol. The van der Waals surface area contributed by atoms with Gasteiger partial charge in [0.15, 0.2) is 0 Å². The van der Waals surface area contributed by atoms with Gasteiger partial charge in [0.25, 0.3) is 0 Å². The normalized spacial score (nSPS) is 24.3. The van der Waals surface area contributed by atoms with Crippen LogP contribution in [0.2, 0.25) is 0 Å². The van der Waals surface area contributed by atoms with Gasteiger partial charge in [-0.2, -0.15) is 0 Å². The molecule has 0 saturated carbocycles. The summed E-state index contributed by atoms with van der Waals surface area (Å²) in [4.78, 5) is 11.7. The van der Waals surface area contributed by atoms with Gasteiger partial charge >= 0.3 is 5.97 Å². The van der Waals surface area contributed by atoms with Gasteiger partial charge in [0, 0.05) is 0 Å². The van der Waals surface area contributed by atoms with Crippen LogP contribution in [-0.2, 0) is 9.53 Å². The van der Waals surface area contributed by atoms with Crippen LogP contribution in [0.15, 0.2) is 30.3 Å². The van der Waals surface area contributed by atoms with Gasteiger partial charge in [0.05, 0.1) is 6.61 Å². The first-order chi connectivity index (χ1) is 8.31. The Balaban J connectivity index is 2.00. The molecule has 92 valence electrons. The molecular formula is C14H19NO2. The second kappa shape index (κ2) is 5.82. The van der Waals surface area contributed by atoms with Crippen LogP contribution in [0.4, 0.5) is 0 Å². The highest BCUT2D eigenvalue weighted by molar-refractivity contribution is 5.76. The summed E-state index contributed by atoms with van der Waals surface area (Å²) in [5.74, 6) is 0.347. The Labute approximate surface area is 102 Å². The second-order valence-corrected chi connectivity index (χ2v) is 4.39. The molecule has 1 saturated heterocycles. The van der Waals surface area contributed by atoms with E-state index in [0.717, 1.165) is 19.4 Å². The lowest BCUT2D eigenvalue weighted by Gasteiger charge is -2.29. The van der Waals surface area contributed by atoms with Crippen LogP contribution in [0.25, 0.3) is 0 Å². The van der Waals surface area contributed by atoms with Crippen LogP contribution >= 0.6 is 0 Å². The molecule has 1 heterocycles. The van der Waals surface area contributed by atoms with Crippen LogP contribution < -0.4 is 5.32 Å². The van der Waals surface area contributed by atoms with E-state index in [0.29, 0.717) is 12.5 Å². The molecule has 0 aliphatic carbocycles. The van der Waals surface area contributed by atoms with Gasteiger partial charge in [-0.25, -0.2) is 0 Å². The minimum absolute atomic E-state index is 0.117. The standard InChI is InChI=1S/C14H19NO2/c1-2-17-14(16)13-10-12(8-9-15-13)11-6-4-3-5-7-11/h3-7,12-13,15H,2,8-10H2,1H3/t12-,13-/m1/s1. The van der Waals surface area contributed by atoms with E-state index in [-0.39, 0.29) is 12.0 Å². The van der Waals surface area contributed by atoms with E-state index in [1.165, 1.54) is 5.56 Å². The number of carbonyl (C=O) groups is 1. The van der Waals surface area contributed by atoms with Crippen molar-refractivity contribution in [2.75, 3.05) is 13.2 Å². The van der Waals surface area contributed by atoms with Gasteiger partial charge in [-0.15, -0.1) is 0 Å². The first-order valence-electron chi connectivity index (χ1n) is 6.26. The highest BCUT2D eigenvalue weighted by Gasteiger charge is 2.28. The minimum atomic E-state index is -0.145. The largest absolute Gasteiger partial charge is 0.465 e. The highest BCUT2D eigenvalue weighted by atomic mass is 16.5. The number of carbonyl (C=O) groups excluding carboxylic acids is 1. The monoisotopic (exact) mass is 233 g/mol. The Hall–Kier alpha value is -1.35. The van der Waals surface area contributed by atoms with Gasteiger partial charge in [-0.05, 0) is 37.8 Å². The van der Waals surface area contributed by atoms with Crippen LogP contribution in [0, 0.1) is 0 Å². The summed E-state index contributed by atoms with van der Waals surface area (Å²) in [6, 6.07) is 10.3. The molecule has 0 aromatic heterocycles. The molecule has 1 aromatic rings. The van der Waals surface area contributed by atoms with Gasteiger partial charge < -0.3 is 10.1 Å². The van der Waals surface area contributed by atoms with Crippen molar-refractivity contribution in [2.24, 2.45) is 0 Å². The van der Waals surface area contributed by atoms with Crippen molar-refractivity contribution in [2.45, 2.75) is 31.7 Å². The van der Waals surface area contributed by atoms with Gasteiger partial charge in [-0.1, -0.05) is 30.3 Å². The summed E-state index contributed by atoms with van der Waals surface area (Å²) in [5, 5.41) is 3.23. The first-order valence-corrected chi connectivity index (χ1v) is 6.26. The molecule has 2 rings (SSSR count). The van der Waals surface area contributed by atoms with Crippen molar-refractivity contribution in [3.05, 3.63) is 35.9 Å². The SMILES string of the molecule is CCOC(=O)[C@H]1C[C@H](c2ccccc2)CCN1. The molecule has 2 atom stereocenters. The first kappa shape index (κ1) is 12.1. The maximum Gasteiger partial charge on any atom is 0.323 e. The quantitative estimate of drug-likeness (QED) is 0.812. The molecule has 0 unspecified atom stereocenters. The van der Waals surface area contributed by atoms with Crippen LogP contribution in [0.3, 0.4) is 0 Å². The Kier molecular flexibility index (Phi) is 4.15. The zero-order valence-corrected chi connectivity index (χ0v) is 10.2. The van der Waals surface area contributed by atoms with Crippen molar-refractivity contribution in [1.29, 1.82) is 0 Å². The van der Waals surface area contributed by atoms with Crippen molar-refractivity contribution in [3.63, 3.8) is 0 Å². The molecular weight excluding hydrogens is 214 g/mol. The lowest BCUT2D eigenvalue weighted by molar-refractivity contribution is -0.146. The van der Waals surface area contributed by atoms with Crippen LogP contribution in [0.1, 0.15) is 31.2 Å². The number of rotatable bonds is 3. The minimum Gasteiger partial charge on any atom is -0.465 e.